The van der Waals surface area contributed by atoms with Crippen LogP contribution in [-0.2, 0) is 24.1 Å². The van der Waals surface area contributed by atoms with E-state index in [0.29, 0.717) is 55.5 Å². The first-order valence-electron chi connectivity index (χ1n) is 11.6. The first kappa shape index (κ1) is 25.6. The van der Waals surface area contributed by atoms with Crippen molar-refractivity contribution < 1.29 is 28.8 Å². The van der Waals surface area contributed by atoms with Crippen molar-refractivity contribution in [2.24, 2.45) is 0 Å². The van der Waals surface area contributed by atoms with Gasteiger partial charge in [0.15, 0.2) is 23.0 Å². The number of fused-ring (bicyclic) bond motifs is 1. The van der Waals surface area contributed by atoms with Crippen LogP contribution >= 0.6 is 0 Å². The highest BCUT2D eigenvalue weighted by Crippen LogP contribution is 2.32. The SMILES string of the molecule is COc1ccc(CC(O)CNCCCN2CCc3cc(OC)c(OC)cc3CC2=O)cc1OC. The fourth-order valence-electron chi connectivity index (χ4n) is 4.27. The molecule has 1 atom stereocenters. The third kappa shape index (κ3) is 6.55. The Hall–Kier alpha value is -2.97. The van der Waals surface area contributed by atoms with E-state index in [1.807, 2.05) is 35.2 Å². The van der Waals surface area contributed by atoms with Gasteiger partial charge in [0.2, 0.25) is 5.91 Å². The van der Waals surface area contributed by atoms with Gasteiger partial charge in [-0.15, -0.1) is 0 Å². The van der Waals surface area contributed by atoms with Gasteiger partial charge in [-0.05, 0) is 66.8 Å². The number of benzene rings is 2. The van der Waals surface area contributed by atoms with Gasteiger partial charge >= 0.3 is 0 Å². The summed E-state index contributed by atoms with van der Waals surface area (Å²) < 4.78 is 21.4. The van der Waals surface area contributed by atoms with Crippen molar-refractivity contribution in [3.8, 4) is 23.0 Å². The number of carbonyl (C=O) groups excluding carboxylic acids is 1. The van der Waals surface area contributed by atoms with Gasteiger partial charge in [0.25, 0.3) is 0 Å². The topological polar surface area (TPSA) is 89.5 Å². The van der Waals surface area contributed by atoms with Crippen LogP contribution in [0, 0.1) is 0 Å². The van der Waals surface area contributed by atoms with Gasteiger partial charge < -0.3 is 34.3 Å². The molecule has 2 aromatic rings. The molecule has 0 saturated carbocycles. The number of hydrogen-bond acceptors (Lipinski definition) is 7. The highest BCUT2D eigenvalue weighted by molar-refractivity contribution is 5.80. The van der Waals surface area contributed by atoms with Crippen LogP contribution in [0.15, 0.2) is 30.3 Å². The number of aliphatic hydroxyl groups excluding tert-OH is 1. The third-order valence-corrected chi connectivity index (χ3v) is 6.13. The fraction of sp³-hybridized carbons (Fsp3) is 0.500. The standard InChI is InChI=1S/C26H36N2O6/c1-31-22-7-6-18(13-23(22)32-2)12-21(29)17-27-9-5-10-28-11-8-19-14-24(33-3)25(34-4)15-20(19)16-26(28)30/h6-7,13-15,21,27,29H,5,8-12,16-17H2,1-4H3. The number of ether oxygens (including phenoxy) is 4. The predicted octanol–water partition coefficient (Wildman–Crippen LogP) is 2.23. The second-order valence-corrected chi connectivity index (χ2v) is 8.39. The quantitative estimate of drug-likeness (QED) is 0.458. The summed E-state index contributed by atoms with van der Waals surface area (Å²) in [5.41, 5.74) is 3.11. The lowest BCUT2D eigenvalue weighted by molar-refractivity contribution is -0.130. The number of carbonyl (C=O) groups is 1. The lowest BCUT2D eigenvalue weighted by Gasteiger charge is -2.20. The number of rotatable bonds is 12. The van der Waals surface area contributed by atoms with Crippen molar-refractivity contribution in [1.82, 2.24) is 10.2 Å². The molecular weight excluding hydrogens is 436 g/mol. The zero-order chi connectivity index (χ0) is 24.5. The average molecular weight is 473 g/mol. The highest BCUT2D eigenvalue weighted by atomic mass is 16.5. The van der Waals surface area contributed by atoms with Gasteiger partial charge in [-0.1, -0.05) is 6.07 Å². The van der Waals surface area contributed by atoms with Crippen LogP contribution in [0.1, 0.15) is 23.1 Å². The molecule has 2 aromatic carbocycles. The minimum atomic E-state index is -0.516. The van der Waals surface area contributed by atoms with Gasteiger partial charge in [0.1, 0.15) is 0 Å². The molecule has 0 aromatic heterocycles. The van der Waals surface area contributed by atoms with Crippen LogP contribution in [0.5, 0.6) is 23.0 Å². The van der Waals surface area contributed by atoms with Crippen LogP contribution < -0.4 is 24.3 Å². The maximum Gasteiger partial charge on any atom is 0.227 e. The van der Waals surface area contributed by atoms with E-state index in [2.05, 4.69) is 5.32 Å². The first-order chi connectivity index (χ1) is 16.5. The molecule has 0 bridgehead atoms. The molecule has 0 spiro atoms. The van der Waals surface area contributed by atoms with Gasteiger partial charge in [-0.3, -0.25) is 4.79 Å². The minimum Gasteiger partial charge on any atom is -0.493 e. The maximum absolute atomic E-state index is 12.8. The van der Waals surface area contributed by atoms with Crippen LogP contribution in [0.3, 0.4) is 0 Å². The number of hydrogen-bond donors (Lipinski definition) is 2. The fourth-order valence-corrected chi connectivity index (χ4v) is 4.27. The summed E-state index contributed by atoms with van der Waals surface area (Å²) in [5, 5.41) is 13.7. The molecule has 1 heterocycles. The van der Waals surface area contributed by atoms with Gasteiger partial charge in [-0.2, -0.15) is 0 Å². The molecule has 0 aliphatic carbocycles. The third-order valence-electron chi connectivity index (χ3n) is 6.13. The second-order valence-electron chi connectivity index (χ2n) is 8.39. The molecular formula is C26H36N2O6. The molecule has 2 N–H and O–H groups in total. The summed E-state index contributed by atoms with van der Waals surface area (Å²) in [5.74, 6) is 2.79. The number of nitrogens with one attached hydrogen (secondary N) is 1. The Labute approximate surface area is 201 Å². The summed E-state index contributed by atoms with van der Waals surface area (Å²) in [4.78, 5) is 14.7. The van der Waals surface area contributed by atoms with Gasteiger partial charge in [0.05, 0.1) is 41.0 Å². The van der Waals surface area contributed by atoms with Crippen LogP contribution in [-0.4, -0.2) is 76.6 Å². The number of aliphatic hydroxyl groups is 1. The van der Waals surface area contributed by atoms with Crippen molar-refractivity contribution in [2.45, 2.75) is 31.8 Å². The molecule has 0 fully saturated rings. The normalized spacial score (nSPS) is 14.3. The summed E-state index contributed by atoms with van der Waals surface area (Å²) in [6, 6.07) is 9.55. The highest BCUT2D eigenvalue weighted by Gasteiger charge is 2.22. The number of nitrogens with zero attached hydrogens (tertiary/aromatic N) is 1. The van der Waals surface area contributed by atoms with E-state index in [1.54, 1.807) is 28.4 Å². The Balaban J connectivity index is 1.42. The Morgan fingerprint density at radius 2 is 1.59 bits per heavy atom. The molecule has 0 saturated heterocycles. The molecule has 8 nitrogen and oxygen atoms in total. The molecule has 186 valence electrons. The lowest BCUT2D eigenvalue weighted by atomic mass is 10.0. The van der Waals surface area contributed by atoms with Gasteiger partial charge in [-0.25, -0.2) is 0 Å². The Bertz CT molecular complexity index is 965. The van der Waals surface area contributed by atoms with Crippen molar-refractivity contribution in [2.75, 3.05) is 54.6 Å². The second kappa shape index (κ2) is 12.5. The Kier molecular flexibility index (Phi) is 9.42. The van der Waals surface area contributed by atoms with Crippen molar-refractivity contribution in [1.29, 1.82) is 0 Å². The largest absolute Gasteiger partial charge is 0.493 e. The molecule has 34 heavy (non-hydrogen) atoms. The first-order valence-corrected chi connectivity index (χ1v) is 11.6. The zero-order valence-electron chi connectivity index (χ0n) is 20.6. The molecule has 8 heteroatoms. The Morgan fingerprint density at radius 3 is 2.26 bits per heavy atom. The van der Waals surface area contributed by atoms with E-state index in [-0.39, 0.29) is 5.91 Å². The number of methoxy groups -OCH3 is 4. The molecule has 3 rings (SSSR count). The van der Waals surface area contributed by atoms with Crippen molar-refractivity contribution >= 4 is 5.91 Å². The minimum absolute atomic E-state index is 0.124. The Morgan fingerprint density at radius 1 is 0.941 bits per heavy atom. The zero-order valence-corrected chi connectivity index (χ0v) is 20.6. The van der Waals surface area contributed by atoms with Crippen molar-refractivity contribution in [3.05, 3.63) is 47.0 Å². The number of amides is 1. The molecule has 0 radical (unpaired) electrons. The van der Waals surface area contributed by atoms with E-state index < -0.39 is 6.10 Å². The van der Waals surface area contributed by atoms with Crippen LogP contribution in [0.4, 0.5) is 0 Å². The van der Waals surface area contributed by atoms with Crippen LogP contribution in [0.2, 0.25) is 0 Å². The van der Waals surface area contributed by atoms with Gasteiger partial charge in [0, 0.05) is 19.6 Å². The predicted molar refractivity (Wildman–Crippen MR) is 130 cm³/mol. The van der Waals surface area contributed by atoms with E-state index >= 15 is 0 Å². The molecule has 1 amide bonds. The summed E-state index contributed by atoms with van der Waals surface area (Å²) in [6.07, 6.45) is 1.98. The summed E-state index contributed by atoms with van der Waals surface area (Å²) in [7, 11) is 6.42. The molecule has 1 aliphatic heterocycles. The summed E-state index contributed by atoms with van der Waals surface area (Å²) in [6.45, 7) is 2.57. The van der Waals surface area contributed by atoms with E-state index in [0.717, 1.165) is 36.1 Å². The van der Waals surface area contributed by atoms with Crippen molar-refractivity contribution in [3.63, 3.8) is 0 Å². The maximum atomic E-state index is 12.8. The summed E-state index contributed by atoms with van der Waals surface area (Å²) >= 11 is 0. The smallest absolute Gasteiger partial charge is 0.227 e. The monoisotopic (exact) mass is 472 g/mol. The average Bonchev–Trinajstić information content (AvgIpc) is 3.00. The van der Waals surface area contributed by atoms with E-state index in [9.17, 15) is 9.90 Å². The van der Waals surface area contributed by atoms with Crippen LogP contribution in [0.25, 0.3) is 0 Å². The van der Waals surface area contributed by atoms with E-state index in [1.165, 1.54) is 0 Å². The molecule has 1 aliphatic rings. The van der Waals surface area contributed by atoms with E-state index in [4.69, 9.17) is 18.9 Å². The lowest BCUT2D eigenvalue weighted by Crippen LogP contribution is -2.35. The molecule has 1 unspecified atom stereocenters.